The Morgan fingerprint density at radius 2 is 1.82 bits per heavy atom. The number of hydrogen-bond acceptors (Lipinski definition) is 8. The number of aryl methyl sites for hydroxylation is 1. The minimum atomic E-state index is -0.864. The van der Waals surface area contributed by atoms with E-state index in [4.69, 9.17) is 14.2 Å². The Morgan fingerprint density at radius 3 is 2.55 bits per heavy atom. The highest BCUT2D eigenvalue weighted by atomic mass is 32.1. The van der Waals surface area contributed by atoms with Crippen LogP contribution in [0.15, 0.2) is 66.2 Å². The van der Waals surface area contributed by atoms with Crippen LogP contribution in [0.5, 0.6) is 17.2 Å². The number of hydrogen-bond donors (Lipinski definition) is 1. The lowest BCUT2D eigenvalue weighted by Gasteiger charge is -2.23. The quantitative estimate of drug-likeness (QED) is 0.214. The van der Waals surface area contributed by atoms with Crippen LogP contribution >= 0.6 is 11.3 Å². The van der Waals surface area contributed by atoms with Crippen LogP contribution < -0.4 is 19.1 Å². The summed E-state index contributed by atoms with van der Waals surface area (Å²) in [7, 11) is 1.58. The Bertz CT molecular complexity index is 1610. The van der Waals surface area contributed by atoms with Gasteiger partial charge in [0.2, 0.25) is 0 Å². The van der Waals surface area contributed by atoms with Crippen molar-refractivity contribution in [2.45, 2.75) is 19.4 Å². The van der Waals surface area contributed by atoms with Crippen LogP contribution in [0.3, 0.4) is 0 Å². The van der Waals surface area contributed by atoms with Crippen molar-refractivity contribution in [2.24, 2.45) is 0 Å². The van der Waals surface area contributed by atoms with Crippen molar-refractivity contribution < 1.29 is 28.9 Å². The van der Waals surface area contributed by atoms with Gasteiger partial charge in [-0.3, -0.25) is 14.5 Å². The summed E-state index contributed by atoms with van der Waals surface area (Å²) in [6.45, 7) is 2.87. The fourth-order valence-electron chi connectivity index (χ4n) is 4.75. The molecule has 192 valence electrons. The maximum Gasteiger partial charge on any atom is 0.301 e. The third-order valence-electron chi connectivity index (χ3n) is 6.75. The molecule has 1 atom stereocenters. The number of ether oxygens (including phenoxy) is 3. The lowest BCUT2D eigenvalue weighted by Crippen LogP contribution is -2.29. The number of carbonyl (C=O) groups is 2. The van der Waals surface area contributed by atoms with Crippen LogP contribution in [-0.2, 0) is 16.0 Å². The first-order valence-corrected chi connectivity index (χ1v) is 13.0. The molecule has 38 heavy (non-hydrogen) atoms. The Labute approximate surface area is 222 Å². The molecule has 3 aromatic carbocycles. The van der Waals surface area contributed by atoms with Gasteiger partial charge in [-0.2, -0.15) is 0 Å². The fourth-order valence-corrected chi connectivity index (χ4v) is 5.77. The van der Waals surface area contributed by atoms with Crippen molar-refractivity contribution in [2.75, 3.05) is 25.2 Å². The summed E-state index contributed by atoms with van der Waals surface area (Å²) in [6, 6.07) is 17.2. The van der Waals surface area contributed by atoms with E-state index >= 15 is 0 Å². The molecule has 0 radical (unpaired) electrons. The first kappa shape index (κ1) is 24.0. The third-order valence-corrected chi connectivity index (χ3v) is 7.77. The maximum absolute atomic E-state index is 13.5. The zero-order valence-electron chi connectivity index (χ0n) is 20.8. The van der Waals surface area contributed by atoms with Crippen LogP contribution in [-0.4, -0.2) is 42.1 Å². The smallest absolute Gasteiger partial charge is 0.301 e. The van der Waals surface area contributed by atoms with Crippen LogP contribution in [0, 0.1) is 0 Å². The van der Waals surface area contributed by atoms with Crippen LogP contribution in [0.1, 0.15) is 29.7 Å². The Balaban J connectivity index is 1.52. The molecule has 6 rings (SSSR count). The van der Waals surface area contributed by atoms with Crippen molar-refractivity contribution in [1.29, 1.82) is 0 Å². The van der Waals surface area contributed by atoms with Gasteiger partial charge in [-0.25, -0.2) is 4.98 Å². The van der Waals surface area contributed by atoms with E-state index in [2.05, 4.69) is 11.9 Å². The first-order valence-electron chi connectivity index (χ1n) is 12.2. The Hall–Kier alpha value is -4.37. The standard InChI is InChI=1S/C29H24N2O6S/c1-3-16-4-6-17(7-5-16)25-24(26(32)18-8-11-21-22(14-18)37-13-12-36-21)27(33)28(34)31(25)29-30-20-10-9-19(35-2)15-23(20)38-29/h4-11,14-15,25,32H,3,12-13H2,1-2H3/t25-/m1/s1. The van der Waals surface area contributed by atoms with E-state index in [1.165, 1.54) is 16.2 Å². The molecule has 1 saturated heterocycles. The number of methoxy groups -OCH3 is 1. The molecule has 1 amide bonds. The van der Waals surface area contributed by atoms with Crippen LogP contribution in [0.4, 0.5) is 5.13 Å². The summed E-state index contributed by atoms with van der Waals surface area (Å²) >= 11 is 1.29. The van der Waals surface area contributed by atoms with Crippen molar-refractivity contribution >= 4 is 44.1 Å². The molecule has 9 heteroatoms. The van der Waals surface area contributed by atoms with E-state index < -0.39 is 17.7 Å². The summed E-state index contributed by atoms with van der Waals surface area (Å²) < 4.78 is 17.4. The zero-order valence-corrected chi connectivity index (χ0v) is 21.6. The molecule has 8 nitrogen and oxygen atoms in total. The minimum Gasteiger partial charge on any atom is -0.507 e. The van der Waals surface area contributed by atoms with Gasteiger partial charge in [0.25, 0.3) is 5.78 Å². The SMILES string of the molecule is CCc1ccc([C@@H]2C(=C(O)c3ccc4c(c3)OCCO4)C(=O)C(=O)N2c2nc3ccc(OC)cc3s2)cc1. The van der Waals surface area contributed by atoms with E-state index in [9.17, 15) is 14.7 Å². The molecule has 3 heterocycles. The molecule has 1 aromatic heterocycles. The van der Waals surface area contributed by atoms with Gasteiger partial charge in [0.15, 0.2) is 16.6 Å². The van der Waals surface area contributed by atoms with Gasteiger partial charge in [-0.05, 0) is 53.9 Å². The zero-order chi connectivity index (χ0) is 26.4. The van der Waals surface area contributed by atoms with Gasteiger partial charge < -0.3 is 19.3 Å². The average Bonchev–Trinajstić information content (AvgIpc) is 3.49. The molecule has 2 aliphatic rings. The number of amides is 1. The largest absolute Gasteiger partial charge is 0.507 e. The van der Waals surface area contributed by atoms with E-state index in [0.717, 1.165) is 16.7 Å². The monoisotopic (exact) mass is 528 g/mol. The van der Waals surface area contributed by atoms with Crippen molar-refractivity contribution in [3.05, 3.63) is 82.9 Å². The molecule has 1 fully saturated rings. The second kappa shape index (κ2) is 9.50. The minimum absolute atomic E-state index is 0.00670. The number of rotatable bonds is 5. The summed E-state index contributed by atoms with van der Waals surface area (Å²) in [4.78, 5) is 33.1. The van der Waals surface area contributed by atoms with E-state index in [1.807, 2.05) is 36.4 Å². The van der Waals surface area contributed by atoms with Crippen LogP contribution in [0.25, 0.3) is 16.0 Å². The number of aliphatic hydroxyl groups is 1. The Morgan fingerprint density at radius 1 is 1.05 bits per heavy atom. The second-order valence-corrected chi connectivity index (χ2v) is 9.96. The highest BCUT2D eigenvalue weighted by molar-refractivity contribution is 7.22. The first-order chi connectivity index (χ1) is 18.5. The number of Topliss-reactive ketones (excluding diaryl/α,β-unsaturated/α-hetero) is 1. The fraction of sp³-hybridized carbons (Fsp3) is 0.207. The third kappa shape index (κ3) is 3.95. The van der Waals surface area contributed by atoms with Gasteiger partial charge in [0, 0.05) is 5.56 Å². The van der Waals surface area contributed by atoms with E-state index in [1.54, 1.807) is 31.4 Å². The summed E-state index contributed by atoms with van der Waals surface area (Å²) in [5.41, 5.74) is 2.84. The number of thiazole rings is 1. The number of anilines is 1. The molecule has 0 spiro atoms. The predicted octanol–water partition coefficient (Wildman–Crippen LogP) is 5.26. The van der Waals surface area contributed by atoms with E-state index in [-0.39, 0.29) is 11.3 Å². The number of carbonyl (C=O) groups excluding carboxylic acids is 2. The van der Waals surface area contributed by atoms with Crippen molar-refractivity contribution in [1.82, 2.24) is 4.98 Å². The molecule has 0 bridgehead atoms. The van der Waals surface area contributed by atoms with Gasteiger partial charge in [0.1, 0.15) is 24.7 Å². The van der Waals surface area contributed by atoms with Gasteiger partial charge in [-0.15, -0.1) is 0 Å². The predicted molar refractivity (Wildman–Crippen MR) is 144 cm³/mol. The van der Waals surface area contributed by atoms with Crippen molar-refractivity contribution in [3.63, 3.8) is 0 Å². The molecular weight excluding hydrogens is 504 g/mol. The molecule has 0 saturated carbocycles. The lowest BCUT2D eigenvalue weighted by molar-refractivity contribution is -0.132. The average molecular weight is 529 g/mol. The summed E-state index contributed by atoms with van der Waals surface area (Å²) in [5.74, 6) is -0.114. The normalized spacial score (nSPS) is 18.3. The molecule has 0 aliphatic carbocycles. The van der Waals surface area contributed by atoms with Gasteiger partial charge >= 0.3 is 5.91 Å². The molecular formula is C29H24N2O6S. The summed E-state index contributed by atoms with van der Waals surface area (Å²) in [6.07, 6.45) is 0.845. The second-order valence-electron chi connectivity index (χ2n) is 8.95. The molecule has 4 aromatic rings. The highest BCUT2D eigenvalue weighted by Gasteiger charge is 2.48. The summed E-state index contributed by atoms with van der Waals surface area (Å²) in [5, 5.41) is 11.8. The molecule has 0 unspecified atom stereocenters. The molecule has 2 aliphatic heterocycles. The highest BCUT2D eigenvalue weighted by Crippen LogP contribution is 2.45. The lowest BCUT2D eigenvalue weighted by atomic mass is 9.94. The number of ketones is 1. The Kier molecular flexibility index (Phi) is 6.00. The number of aromatic nitrogens is 1. The van der Waals surface area contributed by atoms with E-state index in [0.29, 0.717) is 52.2 Å². The molecule has 1 N–H and O–H groups in total. The number of aliphatic hydroxyl groups excluding tert-OH is 1. The van der Waals surface area contributed by atoms with Gasteiger partial charge in [-0.1, -0.05) is 42.5 Å². The van der Waals surface area contributed by atoms with Crippen molar-refractivity contribution in [3.8, 4) is 17.2 Å². The maximum atomic E-state index is 13.5. The number of fused-ring (bicyclic) bond motifs is 2. The van der Waals surface area contributed by atoms with Gasteiger partial charge in [0.05, 0.1) is 28.9 Å². The number of nitrogens with zero attached hydrogens (tertiary/aromatic N) is 2. The van der Waals surface area contributed by atoms with Crippen LogP contribution in [0.2, 0.25) is 0 Å². The number of benzene rings is 3. The topological polar surface area (TPSA) is 98.2 Å².